The predicted molar refractivity (Wildman–Crippen MR) is 185 cm³/mol. The van der Waals surface area contributed by atoms with Gasteiger partial charge in [0.15, 0.2) is 0 Å². The lowest BCUT2D eigenvalue weighted by atomic mass is 9.91. The zero-order valence-corrected chi connectivity index (χ0v) is 30.4. The number of benzene rings is 1. The number of nitrogens with one attached hydrogen (secondary N) is 4. The Morgan fingerprint density at radius 2 is 1.43 bits per heavy atom. The first-order chi connectivity index (χ1) is 21.8. The van der Waals surface area contributed by atoms with E-state index >= 15 is 0 Å². The highest BCUT2D eigenvalue weighted by Gasteiger charge is 2.31. The van der Waals surface area contributed by atoms with Crippen molar-refractivity contribution in [3.8, 4) is 0 Å². The van der Waals surface area contributed by atoms with Gasteiger partial charge in [-0.3, -0.25) is 23.5 Å². The molecule has 0 spiro atoms. The zero-order valence-electron chi connectivity index (χ0n) is 29.6. The minimum absolute atomic E-state index is 0.0195. The monoisotopic (exact) mass is 679 g/mol. The van der Waals surface area contributed by atoms with Crippen molar-refractivity contribution in [3.63, 3.8) is 0 Å². The zero-order chi connectivity index (χ0) is 35.6. The van der Waals surface area contributed by atoms with E-state index in [1.807, 2.05) is 41.5 Å². The third-order valence-corrected chi connectivity index (χ3v) is 9.68. The Kier molecular flexibility index (Phi) is 15.2. The number of hydrogen-bond donors (Lipinski definition) is 5. The van der Waals surface area contributed by atoms with Crippen LogP contribution in [0.25, 0.3) is 0 Å². The second-order valence-electron chi connectivity index (χ2n) is 14.2. The summed E-state index contributed by atoms with van der Waals surface area (Å²) in [5.41, 5.74) is 0.368. The van der Waals surface area contributed by atoms with Gasteiger partial charge in [-0.05, 0) is 61.6 Å². The van der Waals surface area contributed by atoms with E-state index in [9.17, 15) is 32.7 Å². The van der Waals surface area contributed by atoms with Crippen LogP contribution >= 0.6 is 0 Å². The topological polar surface area (TPSA) is 174 Å². The van der Waals surface area contributed by atoms with Gasteiger partial charge in [0.25, 0.3) is 11.8 Å². The van der Waals surface area contributed by atoms with Gasteiger partial charge in [-0.2, -0.15) is 0 Å². The summed E-state index contributed by atoms with van der Waals surface area (Å²) in [6, 6.07) is 2.80. The molecule has 1 aliphatic rings. The Bertz CT molecular complexity index is 1340. The molecule has 0 bridgehead atoms. The maximum atomic E-state index is 13.7. The van der Waals surface area contributed by atoms with Crippen LogP contribution < -0.4 is 25.6 Å². The smallest absolute Gasteiger partial charge is 0.251 e. The third-order valence-electron chi connectivity index (χ3n) is 8.47. The molecule has 2 rings (SSSR count). The molecule has 4 amide bonds. The first-order valence-corrected chi connectivity index (χ1v) is 18.6. The molecule has 13 heteroatoms. The highest BCUT2D eigenvalue weighted by Crippen LogP contribution is 2.24. The SMILES string of the molecule is CC(C)CNC(=O)C(NC(=O)C(C)CC(O)C(CC(C)C)NC(=O)c1cc(C(=O)NC2CCCC2)cc(N(C)S(C)(=O)=O)c1)C(C)C. The molecule has 0 saturated heterocycles. The van der Waals surface area contributed by atoms with E-state index < -0.39 is 45.9 Å². The van der Waals surface area contributed by atoms with E-state index in [0.717, 1.165) is 36.2 Å². The fourth-order valence-corrected chi connectivity index (χ4v) is 6.02. The molecule has 0 aliphatic heterocycles. The van der Waals surface area contributed by atoms with Crippen LogP contribution in [-0.2, 0) is 19.6 Å². The van der Waals surface area contributed by atoms with Crippen LogP contribution in [0.3, 0.4) is 0 Å². The molecule has 1 aromatic rings. The lowest BCUT2D eigenvalue weighted by Gasteiger charge is -2.29. The van der Waals surface area contributed by atoms with Crippen molar-refractivity contribution >= 4 is 39.3 Å². The van der Waals surface area contributed by atoms with Crippen molar-refractivity contribution in [2.45, 2.75) is 111 Å². The maximum absolute atomic E-state index is 13.7. The summed E-state index contributed by atoms with van der Waals surface area (Å²) in [7, 11) is -2.35. The maximum Gasteiger partial charge on any atom is 0.251 e. The Hall–Kier alpha value is -3.19. The first-order valence-electron chi connectivity index (χ1n) is 16.8. The molecule has 1 fully saturated rings. The van der Waals surface area contributed by atoms with Gasteiger partial charge in [-0.25, -0.2) is 8.42 Å². The van der Waals surface area contributed by atoms with Gasteiger partial charge >= 0.3 is 0 Å². The average molecular weight is 680 g/mol. The molecule has 266 valence electrons. The van der Waals surface area contributed by atoms with Crippen molar-refractivity contribution in [3.05, 3.63) is 29.3 Å². The molecule has 5 N–H and O–H groups in total. The quantitative estimate of drug-likeness (QED) is 0.168. The Morgan fingerprint density at radius 3 is 1.94 bits per heavy atom. The van der Waals surface area contributed by atoms with Crippen LogP contribution in [0.1, 0.15) is 108 Å². The van der Waals surface area contributed by atoms with Crippen LogP contribution in [0.15, 0.2) is 18.2 Å². The number of aliphatic hydroxyl groups excluding tert-OH is 1. The van der Waals surface area contributed by atoms with Crippen LogP contribution in [-0.4, -0.2) is 81.2 Å². The number of carbonyl (C=O) groups is 4. The normalized spacial score (nSPS) is 16.4. The molecule has 0 aromatic heterocycles. The Balaban J connectivity index is 2.26. The molecule has 12 nitrogen and oxygen atoms in total. The third kappa shape index (κ3) is 12.7. The summed E-state index contributed by atoms with van der Waals surface area (Å²) in [6.45, 7) is 13.7. The number of anilines is 1. The van der Waals surface area contributed by atoms with Crippen molar-refractivity contribution in [1.82, 2.24) is 21.3 Å². The highest BCUT2D eigenvalue weighted by atomic mass is 32.2. The van der Waals surface area contributed by atoms with E-state index in [0.29, 0.717) is 13.0 Å². The number of carbonyl (C=O) groups excluding carboxylic acids is 4. The van der Waals surface area contributed by atoms with Gasteiger partial charge in [-0.1, -0.05) is 61.3 Å². The van der Waals surface area contributed by atoms with E-state index in [1.165, 1.54) is 25.2 Å². The van der Waals surface area contributed by atoms with E-state index in [-0.39, 0.29) is 58.8 Å². The predicted octanol–water partition coefficient (Wildman–Crippen LogP) is 3.20. The van der Waals surface area contributed by atoms with Crippen LogP contribution in [0.5, 0.6) is 0 Å². The van der Waals surface area contributed by atoms with Gasteiger partial charge < -0.3 is 26.4 Å². The fraction of sp³-hybridized carbons (Fsp3) is 0.706. The second kappa shape index (κ2) is 17.8. The van der Waals surface area contributed by atoms with Crippen molar-refractivity contribution < 1.29 is 32.7 Å². The molecule has 4 unspecified atom stereocenters. The second-order valence-corrected chi connectivity index (χ2v) is 16.3. The minimum atomic E-state index is -3.70. The lowest BCUT2D eigenvalue weighted by molar-refractivity contribution is -0.132. The number of rotatable bonds is 17. The van der Waals surface area contributed by atoms with E-state index in [1.54, 1.807) is 6.92 Å². The molecular formula is C34H57N5O7S. The minimum Gasteiger partial charge on any atom is -0.391 e. The standard InChI is InChI=1S/C34H57N5O7S/c1-20(2)14-28(29(40)15-23(7)31(41)38-30(22(5)6)34(44)35-19-21(3)4)37-33(43)25-16-24(32(42)36-26-12-10-11-13-26)17-27(18-25)39(8)47(9,45)46/h16-18,20-23,26,28-30,40H,10-15,19H2,1-9H3,(H,35,44)(H,36,42)(H,37,43)(H,38,41). The van der Waals surface area contributed by atoms with Gasteiger partial charge in [-0.15, -0.1) is 0 Å². The number of nitrogens with zero attached hydrogens (tertiary/aromatic N) is 1. The summed E-state index contributed by atoms with van der Waals surface area (Å²) >= 11 is 0. The van der Waals surface area contributed by atoms with Crippen LogP contribution in [0, 0.1) is 23.7 Å². The largest absolute Gasteiger partial charge is 0.391 e. The number of amides is 4. The number of hydrogen-bond acceptors (Lipinski definition) is 7. The molecule has 1 aromatic carbocycles. The fourth-order valence-electron chi connectivity index (χ4n) is 5.54. The van der Waals surface area contributed by atoms with Crippen molar-refractivity contribution in [2.75, 3.05) is 24.2 Å². The Morgan fingerprint density at radius 1 is 0.851 bits per heavy atom. The van der Waals surface area contributed by atoms with Gasteiger partial charge in [0, 0.05) is 36.7 Å². The molecule has 4 atom stereocenters. The van der Waals surface area contributed by atoms with Crippen molar-refractivity contribution in [2.24, 2.45) is 23.7 Å². The van der Waals surface area contributed by atoms with Gasteiger partial charge in [0.05, 0.1) is 24.1 Å². The molecule has 1 aliphatic carbocycles. The number of aliphatic hydroxyl groups is 1. The van der Waals surface area contributed by atoms with Crippen LogP contribution in [0.4, 0.5) is 5.69 Å². The summed E-state index contributed by atoms with van der Waals surface area (Å²) in [5, 5.41) is 22.8. The highest BCUT2D eigenvalue weighted by molar-refractivity contribution is 7.92. The first kappa shape index (κ1) is 40.0. The molecule has 0 radical (unpaired) electrons. The van der Waals surface area contributed by atoms with E-state index in [2.05, 4.69) is 21.3 Å². The lowest BCUT2D eigenvalue weighted by Crippen LogP contribution is -2.52. The van der Waals surface area contributed by atoms with E-state index in [4.69, 9.17) is 0 Å². The average Bonchev–Trinajstić information content (AvgIpc) is 3.49. The molecule has 0 heterocycles. The molecule has 1 saturated carbocycles. The molecular weight excluding hydrogens is 622 g/mol. The number of sulfonamides is 1. The summed E-state index contributed by atoms with van der Waals surface area (Å²) in [4.78, 5) is 52.7. The summed E-state index contributed by atoms with van der Waals surface area (Å²) < 4.78 is 25.7. The Labute approximate surface area is 281 Å². The summed E-state index contributed by atoms with van der Waals surface area (Å²) in [6.07, 6.45) is 4.09. The van der Waals surface area contributed by atoms with Gasteiger partial charge in [0.2, 0.25) is 21.8 Å². The van der Waals surface area contributed by atoms with Gasteiger partial charge in [0.1, 0.15) is 6.04 Å². The molecule has 47 heavy (non-hydrogen) atoms. The van der Waals surface area contributed by atoms with Crippen molar-refractivity contribution in [1.29, 1.82) is 0 Å². The summed E-state index contributed by atoms with van der Waals surface area (Å²) in [5.74, 6) is -2.13. The van der Waals surface area contributed by atoms with Crippen LogP contribution in [0.2, 0.25) is 0 Å².